The Balaban J connectivity index is 2.01. The van der Waals surface area contributed by atoms with Crippen LogP contribution in [0.4, 0.5) is 0 Å². The fourth-order valence-electron chi connectivity index (χ4n) is 2.48. The Bertz CT molecular complexity index is 213. The van der Waals surface area contributed by atoms with E-state index in [1.165, 1.54) is 30.8 Å². The monoisotopic (exact) mass is 214 g/mol. The summed E-state index contributed by atoms with van der Waals surface area (Å²) in [5, 5.41) is 3.77. The van der Waals surface area contributed by atoms with Gasteiger partial charge in [0, 0.05) is 23.9 Å². The quantitative estimate of drug-likeness (QED) is 0.749. The Labute approximate surface area is 91.4 Å². The maximum absolute atomic E-state index is 5.96. The van der Waals surface area contributed by atoms with Crippen molar-refractivity contribution in [2.45, 2.75) is 44.7 Å². The Morgan fingerprint density at radius 3 is 2.57 bits per heavy atom. The third-order valence-corrected chi connectivity index (χ3v) is 4.91. The Hall–Kier alpha value is 0.270. The van der Waals surface area contributed by atoms with Gasteiger partial charge in [0.25, 0.3) is 0 Å². The largest absolute Gasteiger partial charge is 0.329 e. The van der Waals surface area contributed by atoms with Gasteiger partial charge >= 0.3 is 0 Å². The highest BCUT2D eigenvalue weighted by molar-refractivity contribution is 7.99. The van der Waals surface area contributed by atoms with E-state index >= 15 is 0 Å². The zero-order valence-corrected chi connectivity index (χ0v) is 10.1. The fraction of sp³-hybridized carbons (Fsp3) is 1.00. The average Bonchev–Trinajstić information content (AvgIpc) is 2.86. The first-order valence-electron chi connectivity index (χ1n) is 5.61. The summed E-state index contributed by atoms with van der Waals surface area (Å²) in [5.41, 5.74) is 6.64. The first kappa shape index (κ1) is 10.8. The summed E-state index contributed by atoms with van der Waals surface area (Å²) in [4.78, 5) is 0. The van der Waals surface area contributed by atoms with E-state index in [2.05, 4.69) is 30.9 Å². The van der Waals surface area contributed by atoms with Gasteiger partial charge in [-0.15, -0.1) is 0 Å². The summed E-state index contributed by atoms with van der Waals surface area (Å²) in [6.07, 6.45) is 3.94. The molecule has 1 aliphatic carbocycles. The van der Waals surface area contributed by atoms with Crippen molar-refractivity contribution in [3.63, 3.8) is 0 Å². The highest BCUT2D eigenvalue weighted by atomic mass is 32.2. The van der Waals surface area contributed by atoms with Crippen LogP contribution >= 0.6 is 11.8 Å². The lowest BCUT2D eigenvalue weighted by Crippen LogP contribution is -2.58. The summed E-state index contributed by atoms with van der Waals surface area (Å²) < 4.78 is 0. The summed E-state index contributed by atoms with van der Waals surface area (Å²) in [5.74, 6) is 2.48. The molecular formula is C11H22N2S. The van der Waals surface area contributed by atoms with E-state index < -0.39 is 0 Å². The molecule has 1 atom stereocenters. The lowest BCUT2D eigenvalue weighted by Gasteiger charge is -2.44. The van der Waals surface area contributed by atoms with Gasteiger partial charge in [-0.05, 0) is 30.4 Å². The highest BCUT2D eigenvalue weighted by Gasteiger charge is 2.42. The van der Waals surface area contributed by atoms with Gasteiger partial charge < -0.3 is 11.1 Å². The molecular weight excluding hydrogens is 192 g/mol. The predicted molar refractivity (Wildman–Crippen MR) is 63.7 cm³/mol. The van der Waals surface area contributed by atoms with Gasteiger partial charge in [-0.1, -0.05) is 13.8 Å². The van der Waals surface area contributed by atoms with Crippen LogP contribution < -0.4 is 11.1 Å². The second-order valence-corrected chi connectivity index (χ2v) is 6.72. The van der Waals surface area contributed by atoms with Crippen LogP contribution in [0, 0.1) is 5.41 Å². The van der Waals surface area contributed by atoms with Crippen molar-refractivity contribution in [2.75, 3.05) is 18.1 Å². The van der Waals surface area contributed by atoms with Gasteiger partial charge in [0.2, 0.25) is 0 Å². The van der Waals surface area contributed by atoms with Crippen LogP contribution in [0.1, 0.15) is 33.1 Å². The Morgan fingerprint density at radius 1 is 1.36 bits per heavy atom. The highest BCUT2D eigenvalue weighted by Crippen LogP contribution is 2.40. The van der Waals surface area contributed by atoms with Crippen molar-refractivity contribution in [2.24, 2.45) is 11.1 Å². The van der Waals surface area contributed by atoms with Crippen LogP contribution in [0.5, 0.6) is 0 Å². The second-order valence-electron chi connectivity index (χ2n) is 5.74. The second kappa shape index (κ2) is 3.69. The number of nitrogens with two attached hydrogens (primary N) is 1. The minimum absolute atomic E-state index is 0.230. The van der Waals surface area contributed by atoms with Crippen LogP contribution in [-0.4, -0.2) is 29.6 Å². The molecule has 0 spiro atoms. The van der Waals surface area contributed by atoms with Crippen LogP contribution in [0.2, 0.25) is 0 Å². The van der Waals surface area contributed by atoms with Gasteiger partial charge in [0.05, 0.1) is 0 Å². The molecule has 3 heteroatoms. The molecule has 3 N–H and O–H groups in total. The molecule has 0 aromatic heterocycles. The maximum atomic E-state index is 5.96. The Kier molecular flexibility index (Phi) is 2.84. The van der Waals surface area contributed by atoms with Crippen molar-refractivity contribution < 1.29 is 0 Å². The molecule has 0 aromatic rings. The molecule has 0 amide bonds. The number of hydrogen-bond acceptors (Lipinski definition) is 3. The molecule has 14 heavy (non-hydrogen) atoms. The van der Waals surface area contributed by atoms with Gasteiger partial charge in [-0.3, -0.25) is 0 Å². The lowest BCUT2D eigenvalue weighted by molar-refractivity contribution is 0.226. The zero-order valence-electron chi connectivity index (χ0n) is 9.31. The summed E-state index contributed by atoms with van der Waals surface area (Å²) in [6.45, 7) is 5.51. The number of thioether (sulfide) groups is 1. The molecule has 0 radical (unpaired) electrons. The summed E-state index contributed by atoms with van der Waals surface area (Å²) in [6, 6.07) is 0.771. The maximum Gasteiger partial charge on any atom is 0.0402 e. The van der Waals surface area contributed by atoms with Crippen molar-refractivity contribution in [1.29, 1.82) is 0 Å². The molecule has 1 heterocycles. The van der Waals surface area contributed by atoms with Gasteiger partial charge in [-0.25, -0.2) is 0 Å². The van der Waals surface area contributed by atoms with Crippen LogP contribution in [0.25, 0.3) is 0 Å². The molecule has 82 valence electrons. The minimum atomic E-state index is 0.230. The topological polar surface area (TPSA) is 38.0 Å². The van der Waals surface area contributed by atoms with E-state index in [0.717, 1.165) is 12.6 Å². The van der Waals surface area contributed by atoms with Crippen molar-refractivity contribution >= 4 is 11.8 Å². The molecule has 2 fully saturated rings. The minimum Gasteiger partial charge on any atom is -0.329 e. The molecule has 1 saturated heterocycles. The predicted octanol–water partition coefficient (Wildman–Crippen LogP) is 1.60. The van der Waals surface area contributed by atoms with Crippen LogP contribution in [0.3, 0.4) is 0 Å². The number of hydrogen-bond donors (Lipinski definition) is 2. The van der Waals surface area contributed by atoms with E-state index in [1.54, 1.807) is 0 Å². The molecule has 1 unspecified atom stereocenters. The summed E-state index contributed by atoms with van der Waals surface area (Å²) in [7, 11) is 0. The fourth-order valence-corrected chi connectivity index (χ4v) is 3.93. The molecule has 1 saturated carbocycles. The van der Waals surface area contributed by atoms with Crippen molar-refractivity contribution in [1.82, 2.24) is 5.32 Å². The van der Waals surface area contributed by atoms with Crippen molar-refractivity contribution in [3.05, 3.63) is 0 Å². The van der Waals surface area contributed by atoms with E-state index in [-0.39, 0.29) is 5.54 Å². The van der Waals surface area contributed by atoms with Gasteiger partial charge in [-0.2, -0.15) is 11.8 Å². The third kappa shape index (κ3) is 2.44. The molecule has 1 aliphatic heterocycles. The summed E-state index contributed by atoms with van der Waals surface area (Å²) >= 11 is 2.06. The van der Waals surface area contributed by atoms with Crippen LogP contribution in [-0.2, 0) is 0 Å². The SMILES string of the molecule is CC1(C)CSCC(CN)(NC2CC2)C1. The molecule has 2 nitrogen and oxygen atoms in total. The zero-order chi connectivity index (χ0) is 10.2. The lowest BCUT2D eigenvalue weighted by atomic mass is 9.79. The standard InChI is InChI=1S/C11H22N2S/c1-10(2)5-11(6-12,8-14-7-10)13-9-3-4-9/h9,13H,3-8,12H2,1-2H3. The van der Waals surface area contributed by atoms with Gasteiger partial charge in [0.15, 0.2) is 0 Å². The molecule has 2 aliphatic rings. The average molecular weight is 214 g/mol. The van der Waals surface area contributed by atoms with Crippen molar-refractivity contribution in [3.8, 4) is 0 Å². The van der Waals surface area contributed by atoms with E-state index in [0.29, 0.717) is 5.41 Å². The number of rotatable bonds is 3. The normalized spacial score (nSPS) is 37.1. The van der Waals surface area contributed by atoms with E-state index in [9.17, 15) is 0 Å². The van der Waals surface area contributed by atoms with Crippen LogP contribution in [0.15, 0.2) is 0 Å². The van der Waals surface area contributed by atoms with Gasteiger partial charge in [0.1, 0.15) is 0 Å². The third-order valence-electron chi connectivity index (χ3n) is 3.17. The number of nitrogens with one attached hydrogen (secondary N) is 1. The Morgan fingerprint density at radius 2 is 2.07 bits per heavy atom. The van der Waals surface area contributed by atoms with E-state index in [1.807, 2.05) is 0 Å². The first-order chi connectivity index (χ1) is 6.55. The molecule has 0 aromatic carbocycles. The molecule has 2 rings (SSSR count). The molecule has 0 bridgehead atoms. The van der Waals surface area contributed by atoms with E-state index in [4.69, 9.17) is 5.73 Å². The first-order valence-corrected chi connectivity index (χ1v) is 6.76. The smallest absolute Gasteiger partial charge is 0.0402 e.